The number of ether oxygens (including phenoxy) is 1. The first-order valence-electron chi connectivity index (χ1n) is 7.30. The third-order valence-electron chi connectivity index (χ3n) is 3.05. The van der Waals surface area contributed by atoms with Gasteiger partial charge in [-0.3, -0.25) is 14.5 Å². The van der Waals surface area contributed by atoms with Gasteiger partial charge >= 0.3 is 0 Å². The lowest BCUT2D eigenvalue weighted by Crippen LogP contribution is -2.29. The number of benzene rings is 1. The van der Waals surface area contributed by atoms with Crippen molar-refractivity contribution in [3.05, 3.63) is 35.3 Å². The first-order chi connectivity index (χ1) is 11.5. The number of carbonyl (C=O) groups is 2. The van der Waals surface area contributed by atoms with Gasteiger partial charge in [-0.05, 0) is 31.3 Å². The van der Waals surface area contributed by atoms with Crippen LogP contribution < -0.4 is 15.4 Å². The molecule has 2 rings (SSSR count). The second-order valence-corrected chi connectivity index (χ2v) is 6.13. The summed E-state index contributed by atoms with van der Waals surface area (Å²) in [5.41, 5.74) is 1.53. The monoisotopic (exact) mass is 348 g/mol. The molecule has 1 aromatic heterocycles. The fourth-order valence-corrected chi connectivity index (χ4v) is 2.79. The Balaban J connectivity index is 1.82. The Bertz CT molecular complexity index is 700. The summed E-state index contributed by atoms with van der Waals surface area (Å²) in [6.45, 7) is 2.20. The highest BCUT2D eigenvalue weighted by Crippen LogP contribution is 2.17. The third-order valence-corrected chi connectivity index (χ3v) is 3.86. The number of nitrogens with one attached hydrogen (secondary N) is 2. The van der Waals surface area contributed by atoms with Gasteiger partial charge in [-0.1, -0.05) is 0 Å². The van der Waals surface area contributed by atoms with Gasteiger partial charge in [0.05, 0.1) is 19.3 Å². The van der Waals surface area contributed by atoms with Crippen LogP contribution in [0.3, 0.4) is 0 Å². The molecule has 0 saturated carbocycles. The van der Waals surface area contributed by atoms with Crippen LogP contribution in [0.5, 0.6) is 5.75 Å². The van der Waals surface area contributed by atoms with Crippen LogP contribution >= 0.6 is 11.3 Å². The lowest BCUT2D eigenvalue weighted by atomic mass is 10.3. The van der Waals surface area contributed by atoms with Gasteiger partial charge in [0.1, 0.15) is 5.75 Å². The minimum absolute atomic E-state index is 0.111. The smallest absolute Gasteiger partial charge is 0.238 e. The number of hydrogen-bond acceptors (Lipinski definition) is 6. The van der Waals surface area contributed by atoms with Crippen molar-refractivity contribution in [3.63, 3.8) is 0 Å². The van der Waals surface area contributed by atoms with Crippen LogP contribution in [0.25, 0.3) is 0 Å². The van der Waals surface area contributed by atoms with Crippen molar-refractivity contribution in [1.29, 1.82) is 0 Å². The molecule has 0 aliphatic heterocycles. The summed E-state index contributed by atoms with van der Waals surface area (Å²) in [5.74, 6) is 0.478. The minimum Gasteiger partial charge on any atom is -0.497 e. The Labute approximate surface area is 144 Å². The summed E-state index contributed by atoms with van der Waals surface area (Å²) in [5, 5.41) is 7.90. The molecule has 0 spiro atoms. The van der Waals surface area contributed by atoms with E-state index in [0.29, 0.717) is 11.7 Å². The molecule has 7 nitrogen and oxygen atoms in total. The number of carbonyl (C=O) groups excluding carboxylic acids is 2. The Morgan fingerprint density at radius 3 is 2.58 bits per heavy atom. The zero-order valence-electron chi connectivity index (χ0n) is 13.8. The Morgan fingerprint density at radius 1 is 1.25 bits per heavy atom. The van der Waals surface area contributed by atoms with Crippen molar-refractivity contribution in [2.45, 2.75) is 13.5 Å². The molecule has 24 heavy (non-hydrogen) atoms. The van der Waals surface area contributed by atoms with Gasteiger partial charge in [0.2, 0.25) is 11.8 Å². The predicted molar refractivity (Wildman–Crippen MR) is 94.4 cm³/mol. The zero-order chi connectivity index (χ0) is 17.5. The number of aromatic nitrogens is 1. The summed E-state index contributed by atoms with van der Waals surface area (Å²) in [6.07, 6.45) is 0. The van der Waals surface area contributed by atoms with E-state index in [1.165, 1.54) is 18.3 Å². The maximum absolute atomic E-state index is 12.1. The van der Waals surface area contributed by atoms with E-state index in [1.807, 2.05) is 17.3 Å². The van der Waals surface area contributed by atoms with Gasteiger partial charge in [0.15, 0.2) is 5.13 Å². The Hall–Kier alpha value is -2.45. The SMILES string of the molecule is COc1ccc(NC(=O)CN(C)Cc2csc(NC(C)=O)n2)cc1. The highest BCUT2D eigenvalue weighted by atomic mass is 32.1. The number of methoxy groups -OCH3 is 1. The molecule has 1 heterocycles. The van der Waals surface area contributed by atoms with Crippen LogP contribution in [-0.4, -0.2) is 42.4 Å². The molecule has 2 aromatic rings. The van der Waals surface area contributed by atoms with E-state index in [2.05, 4.69) is 15.6 Å². The molecule has 0 fully saturated rings. The van der Waals surface area contributed by atoms with Crippen LogP contribution in [0.2, 0.25) is 0 Å². The quantitative estimate of drug-likeness (QED) is 0.801. The van der Waals surface area contributed by atoms with Crippen LogP contribution in [-0.2, 0) is 16.1 Å². The van der Waals surface area contributed by atoms with E-state index in [0.717, 1.165) is 17.1 Å². The van der Waals surface area contributed by atoms with Crippen molar-refractivity contribution in [3.8, 4) is 5.75 Å². The molecule has 0 saturated heterocycles. The molecule has 0 atom stereocenters. The number of rotatable bonds is 7. The van der Waals surface area contributed by atoms with Crippen LogP contribution in [0.15, 0.2) is 29.6 Å². The number of thiazole rings is 1. The van der Waals surface area contributed by atoms with E-state index >= 15 is 0 Å². The maximum atomic E-state index is 12.1. The predicted octanol–water partition coefficient (Wildman–Crippen LogP) is 2.18. The molecule has 0 aliphatic carbocycles. The zero-order valence-corrected chi connectivity index (χ0v) is 14.6. The molecular formula is C16H20N4O3S. The summed E-state index contributed by atoms with van der Waals surface area (Å²) < 4.78 is 5.08. The van der Waals surface area contributed by atoms with Crippen LogP contribution in [0.4, 0.5) is 10.8 Å². The summed E-state index contributed by atoms with van der Waals surface area (Å²) in [6, 6.07) is 7.16. The number of nitrogens with zero attached hydrogens (tertiary/aromatic N) is 2. The lowest BCUT2D eigenvalue weighted by Gasteiger charge is -2.15. The molecule has 0 aliphatic rings. The van der Waals surface area contributed by atoms with Crippen molar-refractivity contribution in [2.24, 2.45) is 0 Å². The van der Waals surface area contributed by atoms with Crippen LogP contribution in [0, 0.1) is 0 Å². The number of amides is 2. The normalized spacial score (nSPS) is 10.5. The van der Waals surface area contributed by atoms with Gasteiger partial charge in [-0.25, -0.2) is 4.98 Å². The molecule has 2 amide bonds. The maximum Gasteiger partial charge on any atom is 0.238 e. The van der Waals surface area contributed by atoms with Crippen LogP contribution in [0.1, 0.15) is 12.6 Å². The first kappa shape index (κ1) is 17.9. The third kappa shape index (κ3) is 5.64. The summed E-state index contributed by atoms with van der Waals surface area (Å²) >= 11 is 1.36. The molecule has 128 valence electrons. The second kappa shape index (κ2) is 8.42. The van der Waals surface area contributed by atoms with E-state index in [4.69, 9.17) is 4.74 Å². The van der Waals surface area contributed by atoms with Gasteiger partial charge in [-0.2, -0.15) is 0 Å². The summed E-state index contributed by atoms with van der Waals surface area (Å²) in [7, 11) is 3.43. The first-order valence-corrected chi connectivity index (χ1v) is 8.18. The second-order valence-electron chi connectivity index (χ2n) is 5.27. The van der Waals surface area contributed by atoms with E-state index in [-0.39, 0.29) is 18.4 Å². The largest absolute Gasteiger partial charge is 0.497 e. The van der Waals surface area contributed by atoms with Gasteiger partial charge in [0.25, 0.3) is 0 Å². The molecule has 2 N–H and O–H groups in total. The summed E-state index contributed by atoms with van der Waals surface area (Å²) in [4.78, 5) is 29.2. The molecule has 1 aromatic carbocycles. The minimum atomic E-state index is -0.150. The molecule has 0 unspecified atom stereocenters. The van der Waals surface area contributed by atoms with Gasteiger partial charge in [-0.15, -0.1) is 11.3 Å². The average Bonchev–Trinajstić information content (AvgIpc) is 2.93. The number of anilines is 2. The van der Waals surface area contributed by atoms with Crippen molar-refractivity contribution in [1.82, 2.24) is 9.88 Å². The standard InChI is InChI=1S/C16H20N4O3S/c1-11(21)17-16-19-13(10-24-16)8-20(2)9-15(22)18-12-4-6-14(23-3)7-5-12/h4-7,10H,8-9H2,1-3H3,(H,18,22)(H,17,19,21). The lowest BCUT2D eigenvalue weighted by molar-refractivity contribution is -0.117. The highest BCUT2D eigenvalue weighted by Gasteiger charge is 2.10. The van der Waals surface area contributed by atoms with Gasteiger partial charge in [0, 0.05) is 24.5 Å². The Kier molecular flexibility index (Phi) is 6.28. The fourth-order valence-electron chi connectivity index (χ4n) is 2.04. The number of hydrogen-bond donors (Lipinski definition) is 2. The van der Waals surface area contributed by atoms with Crippen molar-refractivity contribution < 1.29 is 14.3 Å². The Morgan fingerprint density at radius 2 is 1.96 bits per heavy atom. The van der Waals surface area contributed by atoms with E-state index < -0.39 is 0 Å². The topological polar surface area (TPSA) is 83.6 Å². The van der Waals surface area contributed by atoms with Gasteiger partial charge < -0.3 is 15.4 Å². The average molecular weight is 348 g/mol. The van der Waals surface area contributed by atoms with Crippen molar-refractivity contribution >= 4 is 34.0 Å². The van der Waals surface area contributed by atoms with Crippen molar-refractivity contribution in [2.75, 3.05) is 31.3 Å². The molecule has 0 bridgehead atoms. The molecule has 0 radical (unpaired) electrons. The molecular weight excluding hydrogens is 328 g/mol. The highest BCUT2D eigenvalue weighted by molar-refractivity contribution is 7.13. The number of likely N-dealkylation sites (N-methyl/N-ethyl adjacent to an activating group) is 1. The fraction of sp³-hybridized carbons (Fsp3) is 0.312. The van der Waals surface area contributed by atoms with E-state index in [9.17, 15) is 9.59 Å². The van der Waals surface area contributed by atoms with E-state index in [1.54, 1.807) is 31.4 Å². The molecule has 8 heteroatoms.